The summed E-state index contributed by atoms with van der Waals surface area (Å²) in [5, 5.41) is 19.5. The van der Waals surface area contributed by atoms with Crippen LogP contribution in [0, 0.1) is 10.1 Å². The van der Waals surface area contributed by atoms with E-state index in [0.717, 1.165) is 11.1 Å². The van der Waals surface area contributed by atoms with Gasteiger partial charge in [-0.3, -0.25) is 10.1 Å². The topological polar surface area (TPSA) is 80.4 Å². The van der Waals surface area contributed by atoms with Gasteiger partial charge >= 0.3 is 5.97 Å². The summed E-state index contributed by atoms with van der Waals surface area (Å²) in [5.41, 5.74) is 1.78. The Morgan fingerprint density at radius 2 is 2.12 bits per heavy atom. The second-order valence-electron chi connectivity index (χ2n) is 3.23. The quantitative estimate of drug-likeness (QED) is 0.511. The molecule has 0 spiro atoms. The molecule has 0 aromatic heterocycles. The molecule has 0 radical (unpaired) electrons. The minimum absolute atomic E-state index is 0.146. The molecule has 1 N–H and O–H groups in total. The molecule has 0 saturated carbocycles. The lowest BCUT2D eigenvalue weighted by atomic mass is 10.0. The molecule has 0 aliphatic carbocycles. The Hall–Kier alpha value is -1.43. The number of benzene rings is 1. The highest BCUT2D eigenvalue weighted by molar-refractivity contribution is 9.08. The molecule has 1 rings (SSSR count). The number of carboxylic acids is 1. The van der Waals surface area contributed by atoms with Gasteiger partial charge < -0.3 is 5.11 Å². The largest absolute Gasteiger partial charge is 0.478 e. The highest BCUT2D eigenvalue weighted by atomic mass is 79.9. The van der Waals surface area contributed by atoms with Crippen molar-refractivity contribution in [1.29, 1.82) is 0 Å². The molecule has 0 bridgehead atoms. The number of halogens is 1. The van der Waals surface area contributed by atoms with Crippen molar-refractivity contribution in [2.24, 2.45) is 0 Å². The van der Waals surface area contributed by atoms with Crippen molar-refractivity contribution in [3.05, 3.63) is 45.0 Å². The van der Waals surface area contributed by atoms with Crippen molar-refractivity contribution in [1.82, 2.24) is 0 Å². The van der Waals surface area contributed by atoms with Gasteiger partial charge in [0, 0.05) is 16.7 Å². The first kappa shape index (κ1) is 12.6. The standard InChI is InChI=1S/C10H10BrNO4/c11-6-9-5-8(10(13)14)2-1-7(9)3-4-12(15)16/h1-2,5H,3-4,6H2,(H,13,14). The number of carboxylic acid groups (broad SMARTS) is 1. The highest BCUT2D eigenvalue weighted by Gasteiger charge is 2.09. The zero-order valence-corrected chi connectivity index (χ0v) is 9.94. The van der Waals surface area contributed by atoms with Crippen LogP contribution < -0.4 is 0 Å². The maximum Gasteiger partial charge on any atom is 0.335 e. The Bertz CT molecular complexity index is 419. The van der Waals surface area contributed by atoms with E-state index in [-0.39, 0.29) is 17.0 Å². The number of rotatable bonds is 5. The normalized spacial score (nSPS) is 10.1. The first-order valence-corrected chi connectivity index (χ1v) is 5.69. The molecule has 0 saturated heterocycles. The van der Waals surface area contributed by atoms with Crippen LogP contribution in [0.25, 0.3) is 0 Å². The van der Waals surface area contributed by atoms with Crippen molar-refractivity contribution in [2.75, 3.05) is 6.54 Å². The summed E-state index contributed by atoms with van der Waals surface area (Å²) in [7, 11) is 0. The van der Waals surface area contributed by atoms with Crippen LogP contribution in [0.1, 0.15) is 21.5 Å². The molecule has 0 heterocycles. The molecular weight excluding hydrogens is 278 g/mol. The van der Waals surface area contributed by atoms with Gasteiger partial charge in [-0.1, -0.05) is 22.0 Å². The van der Waals surface area contributed by atoms with E-state index in [0.29, 0.717) is 11.8 Å². The van der Waals surface area contributed by atoms with Crippen molar-refractivity contribution < 1.29 is 14.8 Å². The summed E-state index contributed by atoms with van der Waals surface area (Å²) in [6.45, 7) is -0.146. The smallest absolute Gasteiger partial charge is 0.335 e. The Labute approximate surface area is 100 Å². The maximum absolute atomic E-state index is 10.7. The number of hydrogen-bond acceptors (Lipinski definition) is 3. The SMILES string of the molecule is O=C(O)c1ccc(CC[N+](=O)[O-])c(CBr)c1. The molecule has 5 nitrogen and oxygen atoms in total. The zero-order valence-electron chi connectivity index (χ0n) is 8.35. The molecule has 1 aromatic rings. The van der Waals surface area contributed by atoms with Gasteiger partial charge in [0.15, 0.2) is 0 Å². The van der Waals surface area contributed by atoms with Crippen LogP contribution in [0.15, 0.2) is 18.2 Å². The van der Waals surface area contributed by atoms with Crippen LogP contribution in [-0.4, -0.2) is 22.5 Å². The van der Waals surface area contributed by atoms with Crippen molar-refractivity contribution in [3.8, 4) is 0 Å². The van der Waals surface area contributed by atoms with Crippen molar-refractivity contribution >= 4 is 21.9 Å². The third-order valence-electron chi connectivity index (χ3n) is 2.16. The molecule has 16 heavy (non-hydrogen) atoms. The Balaban J connectivity index is 2.93. The van der Waals surface area contributed by atoms with E-state index in [1.165, 1.54) is 12.1 Å². The first-order chi connectivity index (χ1) is 7.54. The minimum atomic E-state index is -0.997. The summed E-state index contributed by atoms with van der Waals surface area (Å²) in [6, 6.07) is 4.62. The molecule has 0 aliphatic rings. The predicted molar refractivity (Wildman–Crippen MR) is 61.6 cm³/mol. The highest BCUT2D eigenvalue weighted by Crippen LogP contribution is 2.16. The third kappa shape index (κ3) is 3.30. The molecule has 6 heteroatoms. The van der Waals surface area contributed by atoms with E-state index in [4.69, 9.17) is 5.11 Å². The van der Waals surface area contributed by atoms with Gasteiger partial charge in [-0.25, -0.2) is 4.79 Å². The van der Waals surface area contributed by atoms with E-state index in [1.807, 2.05) is 0 Å². The van der Waals surface area contributed by atoms with Crippen LogP contribution >= 0.6 is 15.9 Å². The average Bonchev–Trinajstić information content (AvgIpc) is 2.25. The molecule has 1 aromatic carbocycles. The fraction of sp³-hybridized carbons (Fsp3) is 0.300. The van der Waals surface area contributed by atoms with Gasteiger partial charge in [-0.05, 0) is 23.3 Å². The Morgan fingerprint density at radius 1 is 1.44 bits per heavy atom. The summed E-state index contributed by atoms with van der Waals surface area (Å²) in [4.78, 5) is 20.6. The lowest BCUT2D eigenvalue weighted by molar-refractivity contribution is -0.479. The number of nitro groups is 1. The number of aromatic carboxylic acids is 1. The van der Waals surface area contributed by atoms with Crippen molar-refractivity contribution in [2.45, 2.75) is 11.8 Å². The fourth-order valence-corrected chi connectivity index (χ4v) is 1.86. The van der Waals surface area contributed by atoms with Gasteiger partial charge in [-0.2, -0.15) is 0 Å². The first-order valence-electron chi connectivity index (χ1n) is 4.57. The van der Waals surface area contributed by atoms with E-state index in [9.17, 15) is 14.9 Å². The molecule has 0 unspecified atom stereocenters. The molecule has 0 atom stereocenters. The van der Waals surface area contributed by atoms with E-state index in [2.05, 4.69) is 15.9 Å². The number of nitrogens with zero attached hydrogens (tertiary/aromatic N) is 1. The van der Waals surface area contributed by atoms with Crippen LogP contribution in [0.3, 0.4) is 0 Å². The zero-order chi connectivity index (χ0) is 12.1. The van der Waals surface area contributed by atoms with Gasteiger partial charge in [0.25, 0.3) is 0 Å². The number of carbonyl (C=O) groups is 1. The maximum atomic E-state index is 10.7. The molecular formula is C10H10BrNO4. The second kappa shape index (κ2) is 5.60. The van der Waals surface area contributed by atoms with Crippen molar-refractivity contribution in [3.63, 3.8) is 0 Å². The van der Waals surface area contributed by atoms with Gasteiger partial charge in [-0.15, -0.1) is 0 Å². The van der Waals surface area contributed by atoms with Gasteiger partial charge in [0.05, 0.1) is 5.56 Å². The molecule has 0 amide bonds. The monoisotopic (exact) mass is 287 g/mol. The lowest BCUT2D eigenvalue weighted by Gasteiger charge is -2.06. The van der Waals surface area contributed by atoms with Crippen LogP contribution in [-0.2, 0) is 11.8 Å². The Morgan fingerprint density at radius 3 is 2.62 bits per heavy atom. The third-order valence-corrected chi connectivity index (χ3v) is 2.77. The molecule has 0 aliphatic heterocycles. The summed E-state index contributed by atoms with van der Waals surface area (Å²) < 4.78 is 0. The minimum Gasteiger partial charge on any atom is -0.478 e. The van der Waals surface area contributed by atoms with Crippen LogP contribution in [0.5, 0.6) is 0 Å². The lowest BCUT2D eigenvalue weighted by Crippen LogP contribution is -2.07. The second-order valence-corrected chi connectivity index (χ2v) is 3.79. The predicted octanol–water partition coefficient (Wildman–Crippen LogP) is 2.10. The summed E-state index contributed by atoms with van der Waals surface area (Å²) in [6.07, 6.45) is 0.313. The van der Waals surface area contributed by atoms with Gasteiger partial charge in [0.1, 0.15) is 0 Å². The van der Waals surface area contributed by atoms with E-state index < -0.39 is 5.97 Å². The van der Waals surface area contributed by atoms with E-state index in [1.54, 1.807) is 6.07 Å². The Kier molecular flexibility index (Phi) is 4.42. The fourth-order valence-electron chi connectivity index (χ4n) is 1.34. The number of hydrogen-bond donors (Lipinski definition) is 1. The van der Waals surface area contributed by atoms with Crippen LogP contribution in [0.4, 0.5) is 0 Å². The van der Waals surface area contributed by atoms with Gasteiger partial charge in [0.2, 0.25) is 6.54 Å². The summed E-state index contributed by atoms with van der Waals surface area (Å²) in [5.74, 6) is -0.997. The molecule has 0 fully saturated rings. The van der Waals surface area contributed by atoms with Crippen LogP contribution in [0.2, 0.25) is 0 Å². The number of alkyl halides is 1. The van der Waals surface area contributed by atoms with E-state index >= 15 is 0 Å². The molecule has 86 valence electrons. The summed E-state index contributed by atoms with van der Waals surface area (Å²) >= 11 is 3.24. The average molecular weight is 288 g/mol.